The average molecular weight is 327 g/mol. The van der Waals surface area contributed by atoms with E-state index in [0.717, 1.165) is 43.3 Å². The topological polar surface area (TPSA) is 57.7 Å². The average Bonchev–Trinajstić information content (AvgIpc) is 3.08. The van der Waals surface area contributed by atoms with Crippen LogP contribution in [0.3, 0.4) is 0 Å². The Kier molecular flexibility index (Phi) is 3.68. The van der Waals surface area contributed by atoms with Crippen molar-refractivity contribution in [3.8, 4) is 0 Å². The van der Waals surface area contributed by atoms with Gasteiger partial charge in [-0.1, -0.05) is 17.7 Å². The number of rotatable bonds is 2. The van der Waals surface area contributed by atoms with Crippen LogP contribution in [0.4, 0.5) is 14.6 Å². The number of hydrogen-bond acceptors (Lipinski definition) is 4. The predicted molar refractivity (Wildman–Crippen MR) is 87.5 cm³/mol. The minimum absolute atomic E-state index is 0.656. The minimum atomic E-state index is -0.820. The molecule has 0 bridgehead atoms. The van der Waals surface area contributed by atoms with Crippen LogP contribution in [0.2, 0.25) is 0 Å². The van der Waals surface area contributed by atoms with E-state index in [1.54, 1.807) is 12.4 Å². The second-order valence-corrected chi connectivity index (χ2v) is 5.76. The SMILES string of the molecule is Fc1ccc(C=C2CCN(c3ncnc4nc[nH]c34)CC2)cc1F. The Bertz CT molecular complexity index is 908. The quantitative estimate of drug-likeness (QED) is 0.784. The molecule has 0 radical (unpaired) electrons. The summed E-state index contributed by atoms with van der Waals surface area (Å²) >= 11 is 0. The molecule has 4 rings (SSSR count). The van der Waals surface area contributed by atoms with Crippen molar-refractivity contribution in [1.29, 1.82) is 0 Å². The number of anilines is 1. The lowest BCUT2D eigenvalue weighted by molar-refractivity contribution is 0.508. The van der Waals surface area contributed by atoms with E-state index in [-0.39, 0.29) is 0 Å². The van der Waals surface area contributed by atoms with Crippen LogP contribution >= 0.6 is 0 Å². The second-order valence-electron chi connectivity index (χ2n) is 5.76. The van der Waals surface area contributed by atoms with Gasteiger partial charge < -0.3 is 9.88 Å². The van der Waals surface area contributed by atoms with E-state index in [1.165, 1.54) is 18.0 Å². The van der Waals surface area contributed by atoms with Gasteiger partial charge in [-0.2, -0.15) is 0 Å². The van der Waals surface area contributed by atoms with Gasteiger partial charge in [0.2, 0.25) is 0 Å². The first-order valence-corrected chi connectivity index (χ1v) is 7.74. The first-order chi connectivity index (χ1) is 11.7. The zero-order valence-corrected chi connectivity index (χ0v) is 12.8. The maximum atomic E-state index is 13.3. The summed E-state index contributed by atoms with van der Waals surface area (Å²) in [5, 5.41) is 0. The van der Waals surface area contributed by atoms with Gasteiger partial charge >= 0.3 is 0 Å². The summed E-state index contributed by atoms with van der Waals surface area (Å²) in [6.45, 7) is 1.61. The van der Waals surface area contributed by atoms with Crippen LogP contribution in [0.5, 0.6) is 0 Å². The second kappa shape index (κ2) is 5.99. The number of benzene rings is 1. The molecule has 0 spiro atoms. The fraction of sp³-hybridized carbons (Fsp3) is 0.235. The number of H-pyrrole nitrogens is 1. The number of halogens is 2. The van der Waals surface area contributed by atoms with Crippen molar-refractivity contribution in [2.75, 3.05) is 18.0 Å². The van der Waals surface area contributed by atoms with Gasteiger partial charge in [-0.15, -0.1) is 0 Å². The molecular formula is C17H15F2N5. The molecule has 24 heavy (non-hydrogen) atoms. The van der Waals surface area contributed by atoms with E-state index in [2.05, 4.69) is 24.8 Å². The lowest BCUT2D eigenvalue weighted by Gasteiger charge is -2.29. The van der Waals surface area contributed by atoms with Crippen molar-refractivity contribution in [3.05, 3.63) is 53.6 Å². The highest BCUT2D eigenvalue weighted by atomic mass is 19.2. The first-order valence-electron chi connectivity index (χ1n) is 7.74. The number of aromatic nitrogens is 4. The third-order valence-electron chi connectivity index (χ3n) is 4.22. The summed E-state index contributed by atoms with van der Waals surface area (Å²) in [6, 6.07) is 3.98. The highest BCUT2D eigenvalue weighted by Gasteiger charge is 2.18. The Balaban J connectivity index is 1.51. The van der Waals surface area contributed by atoms with Gasteiger partial charge in [0.1, 0.15) is 11.8 Å². The molecule has 1 N–H and O–H groups in total. The summed E-state index contributed by atoms with van der Waals surface area (Å²) in [5.41, 5.74) is 3.40. The molecule has 3 aromatic rings. The molecule has 122 valence electrons. The Labute approximate surface area is 137 Å². The smallest absolute Gasteiger partial charge is 0.182 e. The molecule has 3 heterocycles. The zero-order chi connectivity index (χ0) is 16.5. The number of hydrogen-bond donors (Lipinski definition) is 1. The molecule has 7 heteroatoms. The Morgan fingerprint density at radius 1 is 1.04 bits per heavy atom. The normalized spacial score (nSPS) is 15.1. The minimum Gasteiger partial charge on any atom is -0.354 e. The van der Waals surface area contributed by atoms with Gasteiger partial charge in [0.15, 0.2) is 23.1 Å². The Hall–Kier alpha value is -2.83. The molecule has 2 aromatic heterocycles. The van der Waals surface area contributed by atoms with Gasteiger partial charge in [-0.05, 0) is 30.5 Å². The summed E-state index contributed by atoms with van der Waals surface area (Å²) < 4.78 is 26.3. The van der Waals surface area contributed by atoms with E-state index < -0.39 is 11.6 Å². The van der Waals surface area contributed by atoms with E-state index in [9.17, 15) is 8.78 Å². The first kappa shape index (κ1) is 14.7. The van der Waals surface area contributed by atoms with Gasteiger partial charge in [-0.25, -0.2) is 23.7 Å². The molecule has 0 atom stereocenters. The standard InChI is InChI=1S/C17H15F2N5/c18-13-2-1-12(8-14(13)19)7-11-3-5-24(6-4-11)17-15-16(21-9-20-15)22-10-23-17/h1-2,7-10H,3-6H2,(H,20,21,22,23). The fourth-order valence-electron chi connectivity index (χ4n) is 2.98. The number of piperidine rings is 1. The van der Waals surface area contributed by atoms with E-state index in [1.807, 2.05) is 6.08 Å². The van der Waals surface area contributed by atoms with Crippen LogP contribution < -0.4 is 4.90 Å². The van der Waals surface area contributed by atoms with E-state index >= 15 is 0 Å². The Morgan fingerprint density at radius 3 is 2.67 bits per heavy atom. The van der Waals surface area contributed by atoms with Gasteiger partial charge in [0.05, 0.1) is 6.33 Å². The van der Waals surface area contributed by atoms with E-state index in [4.69, 9.17) is 0 Å². The summed E-state index contributed by atoms with van der Waals surface area (Å²) in [7, 11) is 0. The third-order valence-corrected chi connectivity index (χ3v) is 4.22. The van der Waals surface area contributed by atoms with Crippen molar-refractivity contribution in [2.45, 2.75) is 12.8 Å². The van der Waals surface area contributed by atoms with Crippen LogP contribution in [0.15, 0.2) is 36.4 Å². The lowest BCUT2D eigenvalue weighted by Crippen LogP contribution is -2.31. The molecule has 1 aromatic carbocycles. The zero-order valence-electron chi connectivity index (χ0n) is 12.8. The maximum Gasteiger partial charge on any atom is 0.182 e. The predicted octanol–water partition coefficient (Wildman–Crippen LogP) is 3.31. The number of aromatic amines is 1. The Morgan fingerprint density at radius 2 is 1.88 bits per heavy atom. The van der Waals surface area contributed by atoms with Crippen molar-refractivity contribution in [1.82, 2.24) is 19.9 Å². The molecule has 0 saturated carbocycles. The monoisotopic (exact) mass is 327 g/mol. The number of imidazole rings is 1. The largest absolute Gasteiger partial charge is 0.354 e. The van der Waals surface area contributed by atoms with Crippen molar-refractivity contribution in [3.63, 3.8) is 0 Å². The summed E-state index contributed by atoms with van der Waals surface area (Å²) in [4.78, 5) is 17.9. The van der Waals surface area contributed by atoms with Crippen molar-refractivity contribution >= 4 is 23.1 Å². The molecule has 0 amide bonds. The molecular weight excluding hydrogens is 312 g/mol. The van der Waals surface area contributed by atoms with Gasteiger partial charge in [0, 0.05) is 13.1 Å². The van der Waals surface area contributed by atoms with Crippen molar-refractivity contribution < 1.29 is 8.78 Å². The van der Waals surface area contributed by atoms with Crippen molar-refractivity contribution in [2.24, 2.45) is 0 Å². The van der Waals surface area contributed by atoms with Gasteiger partial charge in [-0.3, -0.25) is 0 Å². The number of nitrogens with zero attached hydrogens (tertiary/aromatic N) is 4. The molecule has 1 saturated heterocycles. The van der Waals surface area contributed by atoms with Crippen LogP contribution in [-0.4, -0.2) is 33.0 Å². The molecule has 1 aliphatic rings. The molecule has 0 unspecified atom stereocenters. The highest BCUT2D eigenvalue weighted by Crippen LogP contribution is 2.26. The van der Waals surface area contributed by atoms with Crippen LogP contribution in [0.1, 0.15) is 18.4 Å². The molecule has 1 aliphatic heterocycles. The lowest BCUT2D eigenvalue weighted by atomic mass is 10.0. The van der Waals surface area contributed by atoms with E-state index in [0.29, 0.717) is 11.2 Å². The van der Waals surface area contributed by atoms with Crippen LogP contribution in [0.25, 0.3) is 17.2 Å². The molecule has 5 nitrogen and oxygen atoms in total. The summed E-state index contributed by atoms with van der Waals surface area (Å²) in [6.07, 6.45) is 6.76. The highest BCUT2D eigenvalue weighted by molar-refractivity contribution is 5.82. The molecule has 0 aliphatic carbocycles. The fourth-order valence-corrected chi connectivity index (χ4v) is 2.98. The van der Waals surface area contributed by atoms with Crippen LogP contribution in [0, 0.1) is 11.6 Å². The number of fused-ring (bicyclic) bond motifs is 1. The number of nitrogens with one attached hydrogen (secondary N) is 1. The summed E-state index contributed by atoms with van der Waals surface area (Å²) in [5.74, 6) is -0.784. The maximum absolute atomic E-state index is 13.3. The van der Waals surface area contributed by atoms with Crippen LogP contribution in [-0.2, 0) is 0 Å². The third kappa shape index (κ3) is 2.73. The molecule has 1 fully saturated rings. The van der Waals surface area contributed by atoms with Gasteiger partial charge in [0.25, 0.3) is 0 Å².